The highest BCUT2D eigenvalue weighted by Gasteiger charge is 2.20. The van der Waals surface area contributed by atoms with Crippen LogP contribution < -0.4 is 5.32 Å². The van der Waals surface area contributed by atoms with Gasteiger partial charge in [0.05, 0.1) is 19.2 Å². The van der Waals surface area contributed by atoms with Crippen molar-refractivity contribution < 1.29 is 9.90 Å². The summed E-state index contributed by atoms with van der Waals surface area (Å²) in [6.45, 7) is 4.21. The molecule has 1 aliphatic carbocycles. The molecule has 1 saturated heterocycles. The van der Waals surface area contributed by atoms with Crippen LogP contribution in [0.15, 0.2) is 0 Å². The number of nitrogens with zero attached hydrogens (tertiary/aromatic N) is 3. The molecule has 1 amide bonds. The number of aliphatic hydroxyl groups is 1. The van der Waals surface area contributed by atoms with Crippen molar-refractivity contribution in [3.63, 3.8) is 0 Å². The fourth-order valence-electron chi connectivity index (χ4n) is 3.53. The second kappa shape index (κ2) is 7.36. The Balaban J connectivity index is 1.53. The van der Waals surface area contributed by atoms with E-state index in [4.69, 9.17) is 0 Å². The number of aryl methyl sites for hydroxylation is 2. The normalized spacial score (nSPS) is 21.7. The molecule has 0 aromatic carbocycles. The van der Waals surface area contributed by atoms with Gasteiger partial charge >= 0.3 is 0 Å². The summed E-state index contributed by atoms with van der Waals surface area (Å²) < 4.78 is 0. The van der Waals surface area contributed by atoms with E-state index in [0.29, 0.717) is 25.5 Å². The van der Waals surface area contributed by atoms with Crippen molar-refractivity contribution in [1.82, 2.24) is 20.2 Å². The topological polar surface area (TPSA) is 78.4 Å². The molecular formula is C17H26N4O2. The minimum atomic E-state index is -0.303. The number of rotatable bonds is 4. The number of fused-ring (bicyclic) bond motifs is 1. The second-order valence-electron chi connectivity index (χ2n) is 6.67. The van der Waals surface area contributed by atoms with Gasteiger partial charge in [0.15, 0.2) is 0 Å². The van der Waals surface area contributed by atoms with Crippen molar-refractivity contribution in [2.24, 2.45) is 0 Å². The molecule has 1 aromatic rings. The molecule has 126 valence electrons. The second-order valence-corrected chi connectivity index (χ2v) is 6.67. The van der Waals surface area contributed by atoms with Gasteiger partial charge in [-0.1, -0.05) is 0 Å². The maximum absolute atomic E-state index is 12.1. The van der Waals surface area contributed by atoms with E-state index in [2.05, 4.69) is 15.3 Å². The van der Waals surface area contributed by atoms with Crippen LogP contribution in [0.3, 0.4) is 0 Å². The van der Waals surface area contributed by atoms with Gasteiger partial charge in [-0.2, -0.15) is 0 Å². The summed E-state index contributed by atoms with van der Waals surface area (Å²) in [4.78, 5) is 23.2. The number of aromatic nitrogens is 2. The lowest BCUT2D eigenvalue weighted by Crippen LogP contribution is -2.44. The molecule has 1 aromatic heterocycles. The van der Waals surface area contributed by atoms with Crippen molar-refractivity contribution in [2.45, 2.75) is 58.1 Å². The Morgan fingerprint density at radius 1 is 1.30 bits per heavy atom. The molecule has 0 saturated carbocycles. The Morgan fingerprint density at radius 3 is 2.96 bits per heavy atom. The average Bonchev–Trinajstić information content (AvgIpc) is 2.53. The number of carbonyl (C=O) groups is 1. The van der Waals surface area contributed by atoms with E-state index in [1.54, 1.807) is 0 Å². The lowest BCUT2D eigenvalue weighted by Gasteiger charge is -2.29. The first kappa shape index (κ1) is 16.3. The molecule has 6 nitrogen and oxygen atoms in total. The summed E-state index contributed by atoms with van der Waals surface area (Å²) in [6.07, 6.45) is 5.98. The van der Waals surface area contributed by atoms with Gasteiger partial charge in [-0.3, -0.25) is 9.69 Å². The minimum absolute atomic E-state index is 0.0296. The van der Waals surface area contributed by atoms with Crippen molar-refractivity contribution >= 4 is 5.91 Å². The molecule has 0 radical (unpaired) electrons. The molecule has 6 heteroatoms. The predicted molar refractivity (Wildman–Crippen MR) is 86.9 cm³/mol. The van der Waals surface area contributed by atoms with Gasteiger partial charge in [-0.25, -0.2) is 9.97 Å². The number of nitrogens with one attached hydrogen (secondary N) is 1. The van der Waals surface area contributed by atoms with Crippen molar-refractivity contribution in [2.75, 3.05) is 19.6 Å². The molecule has 0 bridgehead atoms. The Kier molecular flexibility index (Phi) is 5.23. The standard InChI is InChI=1S/C17H26N4O2/c1-12-14-6-2-3-7-15(14)20-16(19-12)9-18-17(23)11-21-8-4-5-13(22)10-21/h13,22H,2-11H2,1H3,(H,18,23). The van der Waals surface area contributed by atoms with E-state index in [9.17, 15) is 9.90 Å². The lowest BCUT2D eigenvalue weighted by atomic mass is 9.95. The summed E-state index contributed by atoms with van der Waals surface area (Å²) >= 11 is 0. The monoisotopic (exact) mass is 318 g/mol. The van der Waals surface area contributed by atoms with E-state index in [1.165, 1.54) is 18.4 Å². The van der Waals surface area contributed by atoms with Crippen molar-refractivity contribution in [3.05, 3.63) is 22.8 Å². The van der Waals surface area contributed by atoms with Gasteiger partial charge in [0.25, 0.3) is 0 Å². The molecule has 2 heterocycles. The Morgan fingerprint density at radius 2 is 2.13 bits per heavy atom. The molecule has 2 aliphatic rings. The average molecular weight is 318 g/mol. The molecule has 0 spiro atoms. The third-order valence-electron chi connectivity index (χ3n) is 4.73. The number of aliphatic hydroxyl groups excluding tert-OH is 1. The number of likely N-dealkylation sites (tertiary alicyclic amines) is 1. The SMILES string of the molecule is Cc1nc(CNC(=O)CN2CCCC(O)C2)nc2c1CCCC2. The number of hydrogen-bond acceptors (Lipinski definition) is 5. The van der Waals surface area contributed by atoms with Crippen LogP contribution in [0, 0.1) is 6.92 Å². The maximum Gasteiger partial charge on any atom is 0.234 e. The maximum atomic E-state index is 12.1. The Hall–Kier alpha value is -1.53. The van der Waals surface area contributed by atoms with E-state index >= 15 is 0 Å². The van der Waals surface area contributed by atoms with E-state index in [-0.39, 0.29) is 12.0 Å². The van der Waals surface area contributed by atoms with Crippen molar-refractivity contribution in [3.8, 4) is 0 Å². The highest BCUT2D eigenvalue weighted by Crippen LogP contribution is 2.21. The summed E-state index contributed by atoms with van der Waals surface area (Å²) in [5.41, 5.74) is 3.51. The van der Waals surface area contributed by atoms with Crippen LogP contribution in [0.25, 0.3) is 0 Å². The van der Waals surface area contributed by atoms with Gasteiger partial charge < -0.3 is 10.4 Å². The summed E-state index contributed by atoms with van der Waals surface area (Å²) in [5.74, 6) is 0.674. The zero-order valence-electron chi connectivity index (χ0n) is 13.8. The third-order valence-corrected chi connectivity index (χ3v) is 4.73. The first-order valence-electron chi connectivity index (χ1n) is 8.64. The van der Waals surface area contributed by atoms with Crippen LogP contribution in [-0.2, 0) is 24.2 Å². The Bertz CT molecular complexity index is 576. The molecule has 1 fully saturated rings. The fraction of sp³-hybridized carbons (Fsp3) is 0.706. The van der Waals surface area contributed by atoms with Gasteiger partial charge in [-0.05, 0) is 57.6 Å². The highest BCUT2D eigenvalue weighted by molar-refractivity contribution is 5.77. The summed E-state index contributed by atoms with van der Waals surface area (Å²) in [6, 6.07) is 0. The van der Waals surface area contributed by atoms with Crippen LogP contribution in [0.1, 0.15) is 48.5 Å². The molecular weight excluding hydrogens is 292 g/mol. The van der Waals surface area contributed by atoms with E-state index < -0.39 is 0 Å². The van der Waals surface area contributed by atoms with Crippen LogP contribution in [0.5, 0.6) is 0 Å². The number of piperidine rings is 1. The highest BCUT2D eigenvalue weighted by atomic mass is 16.3. The zero-order valence-corrected chi connectivity index (χ0v) is 13.8. The molecule has 23 heavy (non-hydrogen) atoms. The smallest absolute Gasteiger partial charge is 0.234 e. The largest absolute Gasteiger partial charge is 0.392 e. The summed E-state index contributed by atoms with van der Waals surface area (Å²) in [5, 5.41) is 12.6. The summed E-state index contributed by atoms with van der Waals surface area (Å²) in [7, 11) is 0. The molecule has 1 unspecified atom stereocenters. The van der Waals surface area contributed by atoms with Gasteiger partial charge in [0.1, 0.15) is 5.82 Å². The molecule has 3 rings (SSSR count). The van der Waals surface area contributed by atoms with Crippen molar-refractivity contribution in [1.29, 1.82) is 0 Å². The number of β-amino-alcohol motifs (C(OH)–C–C–N with tert-alkyl or cyclic N) is 1. The van der Waals surface area contributed by atoms with E-state index in [0.717, 1.165) is 43.6 Å². The quantitative estimate of drug-likeness (QED) is 0.856. The van der Waals surface area contributed by atoms with Gasteiger partial charge in [0.2, 0.25) is 5.91 Å². The lowest BCUT2D eigenvalue weighted by molar-refractivity contribution is -0.123. The van der Waals surface area contributed by atoms with Crippen LogP contribution in [-0.4, -0.2) is 51.6 Å². The van der Waals surface area contributed by atoms with Crippen LogP contribution in [0.4, 0.5) is 0 Å². The first-order chi connectivity index (χ1) is 11.1. The van der Waals surface area contributed by atoms with E-state index in [1.807, 2.05) is 11.8 Å². The number of carbonyl (C=O) groups excluding carboxylic acids is 1. The van der Waals surface area contributed by atoms with Crippen LogP contribution >= 0.6 is 0 Å². The molecule has 1 aliphatic heterocycles. The fourth-order valence-corrected chi connectivity index (χ4v) is 3.53. The zero-order chi connectivity index (χ0) is 16.2. The third kappa shape index (κ3) is 4.26. The first-order valence-corrected chi connectivity index (χ1v) is 8.64. The number of amides is 1. The minimum Gasteiger partial charge on any atom is -0.392 e. The van der Waals surface area contributed by atoms with Gasteiger partial charge in [0, 0.05) is 17.9 Å². The molecule has 2 N–H and O–H groups in total. The van der Waals surface area contributed by atoms with Crippen LogP contribution in [0.2, 0.25) is 0 Å². The number of hydrogen-bond donors (Lipinski definition) is 2. The Labute approximate surface area is 137 Å². The predicted octanol–water partition coefficient (Wildman–Crippen LogP) is 0.737. The molecule has 1 atom stereocenters. The van der Waals surface area contributed by atoms with Gasteiger partial charge in [-0.15, -0.1) is 0 Å².